The van der Waals surface area contributed by atoms with E-state index >= 15 is 0 Å². The van der Waals surface area contributed by atoms with Crippen LogP contribution in [0.25, 0.3) is 11.3 Å². The lowest BCUT2D eigenvalue weighted by molar-refractivity contribution is 0.191. The molecule has 1 atom stereocenters. The largest absolute Gasteiger partial charge is 0.458 e. The van der Waals surface area contributed by atoms with E-state index in [1.165, 1.54) is 5.56 Å². The normalized spacial score (nSPS) is 11.8. The van der Waals surface area contributed by atoms with Crippen molar-refractivity contribution in [1.29, 1.82) is 5.26 Å². The Labute approximate surface area is 106 Å². The molecule has 0 saturated heterocycles. The SMILES string of the molecule is C=C(C#N)C(O)c1ccc(-c2ccc(C)cc2)o1. The van der Waals surface area contributed by atoms with Gasteiger partial charge in [0.05, 0.1) is 11.6 Å². The molecule has 0 saturated carbocycles. The smallest absolute Gasteiger partial charge is 0.146 e. The van der Waals surface area contributed by atoms with Crippen molar-refractivity contribution in [3.8, 4) is 17.4 Å². The maximum atomic E-state index is 9.78. The van der Waals surface area contributed by atoms with Crippen molar-refractivity contribution in [2.75, 3.05) is 0 Å². The van der Waals surface area contributed by atoms with Crippen molar-refractivity contribution in [1.82, 2.24) is 0 Å². The first-order chi connectivity index (χ1) is 8.61. The highest BCUT2D eigenvalue weighted by Gasteiger charge is 2.16. The fraction of sp³-hybridized carbons (Fsp3) is 0.133. The average Bonchev–Trinajstić information content (AvgIpc) is 2.87. The first-order valence-electron chi connectivity index (χ1n) is 5.55. The molecule has 0 aliphatic heterocycles. The zero-order valence-electron chi connectivity index (χ0n) is 10.1. The standard InChI is InChI=1S/C15H13NO2/c1-10-3-5-12(6-4-10)13-7-8-14(18-13)15(17)11(2)9-16/h3-8,15,17H,2H2,1H3. The van der Waals surface area contributed by atoms with Gasteiger partial charge in [0.2, 0.25) is 0 Å². The minimum Gasteiger partial charge on any atom is -0.458 e. The summed E-state index contributed by atoms with van der Waals surface area (Å²) in [5, 5.41) is 18.4. The zero-order valence-corrected chi connectivity index (χ0v) is 10.1. The predicted octanol–water partition coefficient (Wildman–Crippen LogP) is 3.37. The second kappa shape index (κ2) is 4.91. The molecule has 0 fully saturated rings. The van der Waals surface area contributed by atoms with Gasteiger partial charge in [-0.15, -0.1) is 0 Å². The molecule has 1 heterocycles. The maximum absolute atomic E-state index is 9.78. The molecule has 0 bridgehead atoms. The van der Waals surface area contributed by atoms with Gasteiger partial charge >= 0.3 is 0 Å². The quantitative estimate of drug-likeness (QED) is 0.835. The van der Waals surface area contributed by atoms with Gasteiger partial charge in [-0.25, -0.2) is 0 Å². The minimum atomic E-state index is -1.07. The van der Waals surface area contributed by atoms with Crippen LogP contribution in [-0.2, 0) is 0 Å². The summed E-state index contributed by atoms with van der Waals surface area (Å²) in [7, 11) is 0. The fourth-order valence-electron chi connectivity index (χ4n) is 1.61. The summed E-state index contributed by atoms with van der Waals surface area (Å²) >= 11 is 0. The summed E-state index contributed by atoms with van der Waals surface area (Å²) in [5.41, 5.74) is 2.17. The van der Waals surface area contributed by atoms with Crippen LogP contribution >= 0.6 is 0 Å². The molecule has 1 aromatic heterocycles. The van der Waals surface area contributed by atoms with Crippen LogP contribution in [-0.4, -0.2) is 5.11 Å². The lowest BCUT2D eigenvalue weighted by atomic mass is 10.1. The summed E-state index contributed by atoms with van der Waals surface area (Å²) in [5.74, 6) is 0.993. The van der Waals surface area contributed by atoms with Crippen LogP contribution in [0.2, 0.25) is 0 Å². The van der Waals surface area contributed by atoms with Crippen molar-refractivity contribution in [3.63, 3.8) is 0 Å². The number of aliphatic hydroxyl groups is 1. The number of nitriles is 1. The Balaban J connectivity index is 2.28. The molecule has 0 aliphatic carbocycles. The summed E-state index contributed by atoms with van der Waals surface area (Å²) < 4.78 is 5.53. The molecule has 90 valence electrons. The molecular formula is C15H13NO2. The third kappa shape index (κ3) is 2.34. The maximum Gasteiger partial charge on any atom is 0.146 e. The number of furan rings is 1. The van der Waals surface area contributed by atoms with Gasteiger partial charge in [0.15, 0.2) is 0 Å². The van der Waals surface area contributed by atoms with Crippen LogP contribution in [0.4, 0.5) is 0 Å². The number of aryl methyl sites for hydroxylation is 1. The molecule has 0 amide bonds. The number of hydrogen-bond donors (Lipinski definition) is 1. The summed E-state index contributed by atoms with van der Waals surface area (Å²) in [6.45, 7) is 5.48. The molecule has 3 nitrogen and oxygen atoms in total. The second-order valence-electron chi connectivity index (χ2n) is 4.11. The van der Waals surface area contributed by atoms with Gasteiger partial charge in [-0.3, -0.25) is 0 Å². The summed E-state index contributed by atoms with van der Waals surface area (Å²) in [4.78, 5) is 0. The van der Waals surface area contributed by atoms with E-state index in [-0.39, 0.29) is 5.57 Å². The molecule has 1 aromatic carbocycles. The molecule has 2 rings (SSSR count). The lowest BCUT2D eigenvalue weighted by Gasteiger charge is -2.04. The molecule has 0 spiro atoms. The number of rotatable bonds is 3. The highest BCUT2D eigenvalue weighted by atomic mass is 16.4. The van der Waals surface area contributed by atoms with Crippen molar-refractivity contribution < 1.29 is 9.52 Å². The highest BCUT2D eigenvalue weighted by molar-refractivity contribution is 5.58. The molecular weight excluding hydrogens is 226 g/mol. The van der Waals surface area contributed by atoms with E-state index in [9.17, 15) is 5.11 Å². The lowest BCUT2D eigenvalue weighted by Crippen LogP contribution is -1.96. The molecule has 2 aromatic rings. The molecule has 1 N–H and O–H groups in total. The number of hydrogen-bond acceptors (Lipinski definition) is 3. The Morgan fingerprint density at radius 2 is 1.94 bits per heavy atom. The number of aliphatic hydroxyl groups excluding tert-OH is 1. The zero-order chi connectivity index (χ0) is 13.1. The third-order valence-electron chi connectivity index (χ3n) is 2.71. The van der Waals surface area contributed by atoms with E-state index in [0.29, 0.717) is 11.5 Å². The Kier molecular flexibility index (Phi) is 3.31. The predicted molar refractivity (Wildman–Crippen MR) is 68.6 cm³/mol. The van der Waals surface area contributed by atoms with Crippen LogP contribution in [0.15, 0.2) is 53.0 Å². The van der Waals surface area contributed by atoms with Crippen LogP contribution in [0.5, 0.6) is 0 Å². The monoisotopic (exact) mass is 239 g/mol. The van der Waals surface area contributed by atoms with E-state index in [2.05, 4.69) is 6.58 Å². The van der Waals surface area contributed by atoms with E-state index in [1.807, 2.05) is 37.3 Å². The molecule has 3 heteroatoms. The summed E-state index contributed by atoms with van der Waals surface area (Å²) in [6, 6.07) is 13.1. The first-order valence-corrected chi connectivity index (χ1v) is 5.55. The van der Waals surface area contributed by atoms with Crippen LogP contribution in [0.3, 0.4) is 0 Å². The Morgan fingerprint density at radius 1 is 1.28 bits per heavy atom. The minimum absolute atomic E-state index is 0.0693. The van der Waals surface area contributed by atoms with Gasteiger partial charge in [-0.2, -0.15) is 5.26 Å². The topological polar surface area (TPSA) is 57.2 Å². The fourth-order valence-corrected chi connectivity index (χ4v) is 1.61. The van der Waals surface area contributed by atoms with Gasteiger partial charge < -0.3 is 9.52 Å². The van der Waals surface area contributed by atoms with Crippen LogP contribution < -0.4 is 0 Å². The highest BCUT2D eigenvalue weighted by Crippen LogP contribution is 2.28. The molecule has 0 aliphatic rings. The summed E-state index contributed by atoms with van der Waals surface area (Å²) in [6.07, 6.45) is -1.07. The van der Waals surface area contributed by atoms with Gasteiger partial charge in [-0.05, 0) is 19.1 Å². The van der Waals surface area contributed by atoms with Crippen LogP contribution in [0, 0.1) is 18.3 Å². The van der Waals surface area contributed by atoms with Crippen molar-refractivity contribution in [2.24, 2.45) is 0 Å². The van der Waals surface area contributed by atoms with E-state index in [4.69, 9.17) is 9.68 Å². The van der Waals surface area contributed by atoms with Gasteiger partial charge in [0, 0.05) is 5.56 Å². The van der Waals surface area contributed by atoms with E-state index in [1.54, 1.807) is 12.1 Å². The first kappa shape index (κ1) is 12.2. The Morgan fingerprint density at radius 3 is 2.56 bits per heavy atom. The number of benzene rings is 1. The van der Waals surface area contributed by atoms with Crippen LogP contribution in [0.1, 0.15) is 17.4 Å². The van der Waals surface area contributed by atoms with Gasteiger partial charge in [0.25, 0.3) is 0 Å². The van der Waals surface area contributed by atoms with E-state index < -0.39 is 6.10 Å². The second-order valence-corrected chi connectivity index (χ2v) is 4.11. The molecule has 18 heavy (non-hydrogen) atoms. The van der Waals surface area contributed by atoms with Gasteiger partial charge in [-0.1, -0.05) is 36.4 Å². The molecule has 0 radical (unpaired) electrons. The van der Waals surface area contributed by atoms with Gasteiger partial charge in [0.1, 0.15) is 17.6 Å². The number of nitrogens with zero attached hydrogens (tertiary/aromatic N) is 1. The van der Waals surface area contributed by atoms with E-state index in [0.717, 1.165) is 5.56 Å². The third-order valence-corrected chi connectivity index (χ3v) is 2.71. The Hall–Kier alpha value is -2.31. The average molecular weight is 239 g/mol. The molecule has 1 unspecified atom stereocenters. The van der Waals surface area contributed by atoms with Crippen molar-refractivity contribution in [3.05, 3.63) is 59.9 Å². The Bertz CT molecular complexity index is 602. The van der Waals surface area contributed by atoms with Crippen molar-refractivity contribution >= 4 is 0 Å². The van der Waals surface area contributed by atoms with Crippen molar-refractivity contribution in [2.45, 2.75) is 13.0 Å².